The molecular formula is C19H27N3O2. The van der Waals surface area contributed by atoms with E-state index in [0.717, 1.165) is 41.1 Å². The zero-order valence-corrected chi connectivity index (χ0v) is 15.2. The first kappa shape index (κ1) is 18.0. The molecule has 2 rings (SSSR count). The minimum Gasteiger partial charge on any atom is -0.483 e. The third-order valence-electron chi connectivity index (χ3n) is 4.30. The summed E-state index contributed by atoms with van der Waals surface area (Å²) in [5.74, 6) is 1.54. The summed E-state index contributed by atoms with van der Waals surface area (Å²) in [4.78, 5) is 16.7. The molecule has 0 aliphatic rings. The lowest BCUT2D eigenvalue weighted by Crippen LogP contribution is -2.34. The zero-order valence-electron chi connectivity index (χ0n) is 15.2. The predicted molar refractivity (Wildman–Crippen MR) is 95.1 cm³/mol. The van der Waals surface area contributed by atoms with E-state index in [1.165, 1.54) is 0 Å². The van der Waals surface area contributed by atoms with Crippen molar-refractivity contribution in [2.75, 3.05) is 6.61 Å². The van der Waals surface area contributed by atoms with Gasteiger partial charge in [0.05, 0.1) is 6.04 Å². The van der Waals surface area contributed by atoms with Gasteiger partial charge in [-0.05, 0) is 43.9 Å². The van der Waals surface area contributed by atoms with Crippen molar-refractivity contribution in [2.45, 2.75) is 46.6 Å². The first-order valence-electron chi connectivity index (χ1n) is 8.40. The van der Waals surface area contributed by atoms with E-state index in [0.29, 0.717) is 0 Å². The van der Waals surface area contributed by atoms with Crippen molar-refractivity contribution in [2.24, 2.45) is 7.05 Å². The standard InChI is InChI=1S/C19H27N3O2/c1-6-7-16(19-20-10-11-22(19)5)21-17(23)12-24-18-14(3)9-8-13(2)15(18)4/h8-11,16H,6-7,12H2,1-5H3,(H,21,23)/t16-/m0/s1. The van der Waals surface area contributed by atoms with Crippen molar-refractivity contribution in [1.82, 2.24) is 14.9 Å². The van der Waals surface area contributed by atoms with Crippen molar-refractivity contribution in [3.8, 4) is 5.75 Å². The molecule has 2 aromatic rings. The van der Waals surface area contributed by atoms with E-state index in [1.807, 2.05) is 44.6 Å². The molecule has 1 aromatic carbocycles. The Balaban J connectivity index is 2.02. The highest BCUT2D eigenvalue weighted by atomic mass is 16.5. The van der Waals surface area contributed by atoms with Crippen LogP contribution in [0.4, 0.5) is 0 Å². The molecule has 0 spiro atoms. The Morgan fingerprint density at radius 2 is 2.00 bits per heavy atom. The van der Waals surface area contributed by atoms with Crippen LogP contribution in [-0.2, 0) is 11.8 Å². The molecule has 0 radical (unpaired) electrons. The van der Waals surface area contributed by atoms with Gasteiger partial charge in [0.25, 0.3) is 5.91 Å². The highest BCUT2D eigenvalue weighted by Gasteiger charge is 2.18. The smallest absolute Gasteiger partial charge is 0.258 e. The topological polar surface area (TPSA) is 56.1 Å². The maximum atomic E-state index is 12.3. The lowest BCUT2D eigenvalue weighted by molar-refractivity contribution is -0.124. The van der Waals surface area contributed by atoms with Crippen LogP contribution in [0.25, 0.3) is 0 Å². The number of nitrogens with zero attached hydrogens (tertiary/aromatic N) is 2. The maximum Gasteiger partial charge on any atom is 0.258 e. The summed E-state index contributed by atoms with van der Waals surface area (Å²) in [6, 6.07) is 3.99. The van der Waals surface area contributed by atoms with E-state index in [1.54, 1.807) is 6.20 Å². The van der Waals surface area contributed by atoms with Crippen LogP contribution >= 0.6 is 0 Å². The molecule has 0 unspecified atom stereocenters. The van der Waals surface area contributed by atoms with Gasteiger partial charge in [-0.25, -0.2) is 4.98 Å². The van der Waals surface area contributed by atoms with Gasteiger partial charge in [0.2, 0.25) is 0 Å². The summed E-state index contributed by atoms with van der Waals surface area (Å²) in [6.07, 6.45) is 5.45. The molecule has 1 aromatic heterocycles. The molecule has 5 heteroatoms. The van der Waals surface area contributed by atoms with E-state index in [9.17, 15) is 4.79 Å². The van der Waals surface area contributed by atoms with Crippen molar-refractivity contribution in [1.29, 1.82) is 0 Å². The molecular weight excluding hydrogens is 302 g/mol. The fourth-order valence-corrected chi connectivity index (χ4v) is 2.79. The number of amides is 1. The number of ether oxygens (including phenoxy) is 1. The quantitative estimate of drug-likeness (QED) is 0.847. The lowest BCUT2D eigenvalue weighted by atomic mass is 10.1. The molecule has 130 valence electrons. The minimum atomic E-state index is -0.128. The van der Waals surface area contributed by atoms with Gasteiger partial charge in [0, 0.05) is 19.4 Å². The molecule has 1 atom stereocenters. The third-order valence-corrected chi connectivity index (χ3v) is 4.30. The number of imidazole rings is 1. The second kappa shape index (κ2) is 7.99. The summed E-state index contributed by atoms with van der Waals surface area (Å²) in [7, 11) is 1.94. The highest BCUT2D eigenvalue weighted by Crippen LogP contribution is 2.25. The summed E-state index contributed by atoms with van der Waals surface area (Å²) in [6.45, 7) is 8.16. The molecule has 0 saturated carbocycles. The number of hydrogen-bond donors (Lipinski definition) is 1. The summed E-state index contributed by atoms with van der Waals surface area (Å²) in [5, 5.41) is 3.04. The Labute approximate surface area is 144 Å². The van der Waals surface area contributed by atoms with E-state index in [-0.39, 0.29) is 18.6 Å². The van der Waals surface area contributed by atoms with Crippen LogP contribution in [0.2, 0.25) is 0 Å². The van der Waals surface area contributed by atoms with Gasteiger partial charge in [-0.15, -0.1) is 0 Å². The van der Waals surface area contributed by atoms with Gasteiger partial charge in [-0.2, -0.15) is 0 Å². The largest absolute Gasteiger partial charge is 0.483 e. The van der Waals surface area contributed by atoms with Crippen LogP contribution in [0.3, 0.4) is 0 Å². The van der Waals surface area contributed by atoms with Crippen molar-refractivity contribution in [3.63, 3.8) is 0 Å². The fraction of sp³-hybridized carbons (Fsp3) is 0.474. The van der Waals surface area contributed by atoms with E-state index in [2.05, 4.69) is 23.3 Å². The number of hydrogen-bond acceptors (Lipinski definition) is 3. The molecule has 24 heavy (non-hydrogen) atoms. The monoisotopic (exact) mass is 329 g/mol. The van der Waals surface area contributed by atoms with E-state index in [4.69, 9.17) is 4.74 Å². The van der Waals surface area contributed by atoms with Gasteiger partial charge < -0.3 is 14.6 Å². The van der Waals surface area contributed by atoms with Crippen LogP contribution < -0.4 is 10.1 Å². The number of nitrogens with one attached hydrogen (secondary N) is 1. The van der Waals surface area contributed by atoms with Gasteiger partial charge in [-0.3, -0.25) is 4.79 Å². The average molecular weight is 329 g/mol. The molecule has 0 aliphatic carbocycles. The highest BCUT2D eigenvalue weighted by molar-refractivity contribution is 5.78. The molecule has 1 heterocycles. The minimum absolute atomic E-state index is 0.00969. The second-order valence-corrected chi connectivity index (χ2v) is 6.25. The number of benzene rings is 1. The Kier molecular flexibility index (Phi) is 6.01. The van der Waals surface area contributed by atoms with Crippen LogP contribution in [0, 0.1) is 20.8 Å². The summed E-state index contributed by atoms with van der Waals surface area (Å²) in [5.41, 5.74) is 3.28. The van der Waals surface area contributed by atoms with Crippen LogP contribution in [0.1, 0.15) is 48.3 Å². The number of carbonyl (C=O) groups excluding carboxylic acids is 1. The Hall–Kier alpha value is -2.30. The van der Waals surface area contributed by atoms with Crippen LogP contribution in [-0.4, -0.2) is 22.1 Å². The number of aromatic nitrogens is 2. The van der Waals surface area contributed by atoms with Gasteiger partial charge in [-0.1, -0.05) is 25.5 Å². The first-order valence-corrected chi connectivity index (χ1v) is 8.40. The molecule has 0 bridgehead atoms. The van der Waals surface area contributed by atoms with Crippen molar-refractivity contribution < 1.29 is 9.53 Å². The number of carbonyl (C=O) groups is 1. The third kappa shape index (κ3) is 4.16. The normalized spacial score (nSPS) is 12.0. The predicted octanol–water partition coefficient (Wildman–Crippen LogP) is 3.38. The van der Waals surface area contributed by atoms with Crippen molar-refractivity contribution in [3.05, 3.63) is 47.0 Å². The molecule has 0 aliphatic heterocycles. The molecule has 0 fully saturated rings. The lowest BCUT2D eigenvalue weighted by Gasteiger charge is -2.19. The van der Waals surface area contributed by atoms with Gasteiger partial charge in [0.15, 0.2) is 6.61 Å². The summed E-state index contributed by atoms with van der Waals surface area (Å²) < 4.78 is 7.74. The Bertz CT molecular complexity index is 707. The zero-order chi connectivity index (χ0) is 17.7. The van der Waals surface area contributed by atoms with E-state index >= 15 is 0 Å². The van der Waals surface area contributed by atoms with Gasteiger partial charge in [0.1, 0.15) is 11.6 Å². The number of rotatable bonds is 7. The fourth-order valence-electron chi connectivity index (χ4n) is 2.79. The van der Waals surface area contributed by atoms with Gasteiger partial charge >= 0.3 is 0 Å². The van der Waals surface area contributed by atoms with E-state index < -0.39 is 0 Å². The molecule has 0 saturated heterocycles. The SMILES string of the molecule is CCC[C@H](NC(=O)COc1c(C)ccc(C)c1C)c1nccn1C. The van der Waals surface area contributed by atoms with Crippen molar-refractivity contribution >= 4 is 5.91 Å². The molecule has 1 amide bonds. The number of aryl methyl sites for hydroxylation is 3. The summed E-state index contributed by atoms with van der Waals surface area (Å²) >= 11 is 0. The Morgan fingerprint density at radius 3 is 2.62 bits per heavy atom. The second-order valence-electron chi connectivity index (χ2n) is 6.25. The maximum absolute atomic E-state index is 12.3. The molecule has 5 nitrogen and oxygen atoms in total. The first-order chi connectivity index (χ1) is 11.4. The molecule has 1 N–H and O–H groups in total. The average Bonchev–Trinajstić information content (AvgIpc) is 2.97. The van der Waals surface area contributed by atoms with Crippen LogP contribution in [0.15, 0.2) is 24.5 Å². The van der Waals surface area contributed by atoms with Crippen LogP contribution in [0.5, 0.6) is 5.75 Å². The Morgan fingerprint density at radius 1 is 1.29 bits per heavy atom.